The molecule has 1 aromatic rings. The topological polar surface area (TPSA) is 43.9 Å². The summed E-state index contributed by atoms with van der Waals surface area (Å²) in [5.74, 6) is -0.363. The molecule has 24 heavy (non-hydrogen) atoms. The second kappa shape index (κ2) is 8.89. The summed E-state index contributed by atoms with van der Waals surface area (Å²) < 4.78 is 43.1. The van der Waals surface area contributed by atoms with Gasteiger partial charge in [-0.25, -0.2) is 4.39 Å². The zero-order valence-corrected chi connectivity index (χ0v) is 15.4. The summed E-state index contributed by atoms with van der Waals surface area (Å²) >= 11 is 0. The van der Waals surface area contributed by atoms with E-state index >= 15 is 0 Å². The number of rotatable bonds is 7. The van der Waals surface area contributed by atoms with Crippen molar-refractivity contribution in [3.05, 3.63) is 35.6 Å². The highest BCUT2D eigenvalue weighted by Gasteiger charge is 2.30. The number of halogens is 1. The first-order chi connectivity index (χ1) is 11.4. The van der Waals surface area contributed by atoms with Gasteiger partial charge in [-0.15, -0.1) is 0 Å². The quantitative estimate of drug-likeness (QED) is 0.752. The number of hydrogen-bond acceptors (Lipinski definition) is 3. The van der Waals surface area contributed by atoms with Crippen LogP contribution in [0, 0.1) is 5.82 Å². The summed E-state index contributed by atoms with van der Waals surface area (Å²) in [5.41, 5.74) is 0.412. The molecule has 1 saturated heterocycles. The Morgan fingerprint density at radius 1 is 1.04 bits per heavy atom. The minimum Gasteiger partial charge on any atom is -0.308 e. The van der Waals surface area contributed by atoms with Crippen LogP contribution in [0.15, 0.2) is 24.3 Å². The molecule has 7 heteroatoms. The third-order valence-corrected chi connectivity index (χ3v) is 6.30. The van der Waals surface area contributed by atoms with E-state index in [-0.39, 0.29) is 12.4 Å². The van der Waals surface area contributed by atoms with Gasteiger partial charge in [0.05, 0.1) is 0 Å². The lowest BCUT2D eigenvalue weighted by atomic mass is 10.2. The van der Waals surface area contributed by atoms with Crippen molar-refractivity contribution in [3.63, 3.8) is 0 Å². The van der Waals surface area contributed by atoms with Crippen molar-refractivity contribution in [2.24, 2.45) is 0 Å². The highest BCUT2D eigenvalue weighted by atomic mass is 32.2. The van der Waals surface area contributed by atoms with E-state index in [1.807, 2.05) is 19.0 Å². The molecule has 1 fully saturated rings. The second-order valence-electron chi connectivity index (χ2n) is 6.55. The Bertz CT molecular complexity index is 614. The molecule has 5 nitrogen and oxygen atoms in total. The summed E-state index contributed by atoms with van der Waals surface area (Å²) in [6.07, 6.45) is 3.91. The van der Waals surface area contributed by atoms with E-state index in [2.05, 4.69) is 0 Å². The van der Waals surface area contributed by atoms with E-state index in [1.54, 1.807) is 22.5 Å². The van der Waals surface area contributed by atoms with Gasteiger partial charge in [-0.05, 0) is 33.0 Å². The zero-order valence-electron chi connectivity index (χ0n) is 14.6. The van der Waals surface area contributed by atoms with Crippen LogP contribution in [0.4, 0.5) is 4.39 Å². The Labute approximate surface area is 145 Å². The molecule has 0 atom stereocenters. The van der Waals surface area contributed by atoms with Crippen molar-refractivity contribution in [1.29, 1.82) is 0 Å². The van der Waals surface area contributed by atoms with Gasteiger partial charge in [0.25, 0.3) is 10.2 Å². The molecular weight excluding hydrogens is 329 g/mol. The number of nitrogens with zero attached hydrogens (tertiary/aromatic N) is 3. The van der Waals surface area contributed by atoms with Crippen LogP contribution >= 0.6 is 0 Å². The molecule has 0 spiro atoms. The Kier molecular flexibility index (Phi) is 7.16. The van der Waals surface area contributed by atoms with Crippen LogP contribution in [0.3, 0.4) is 0 Å². The van der Waals surface area contributed by atoms with Gasteiger partial charge in [0.1, 0.15) is 5.82 Å². The molecular formula is C17H28FN3O2S. The predicted octanol–water partition coefficient (Wildman–Crippen LogP) is 2.31. The highest BCUT2D eigenvalue weighted by Crippen LogP contribution is 2.19. The summed E-state index contributed by atoms with van der Waals surface area (Å²) in [6.45, 7) is 2.12. The van der Waals surface area contributed by atoms with E-state index < -0.39 is 10.2 Å². The van der Waals surface area contributed by atoms with Crippen LogP contribution in [0.2, 0.25) is 0 Å². The van der Waals surface area contributed by atoms with Crippen LogP contribution < -0.4 is 0 Å². The fraction of sp³-hybridized carbons (Fsp3) is 0.647. The van der Waals surface area contributed by atoms with Crippen molar-refractivity contribution in [2.75, 3.05) is 40.3 Å². The van der Waals surface area contributed by atoms with Gasteiger partial charge >= 0.3 is 0 Å². The predicted molar refractivity (Wildman–Crippen MR) is 94.3 cm³/mol. The summed E-state index contributed by atoms with van der Waals surface area (Å²) in [4.78, 5) is 1.94. The normalized spacial score (nSPS) is 17.4. The van der Waals surface area contributed by atoms with Gasteiger partial charge in [0, 0.05) is 38.3 Å². The van der Waals surface area contributed by atoms with Gasteiger partial charge in [-0.1, -0.05) is 31.0 Å². The summed E-state index contributed by atoms with van der Waals surface area (Å²) in [5, 5.41) is 0. The van der Waals surface area contributed by atoms with Crippen LogP contribution in [0.1, 0.15) is 31.2 Å². The summed E-state index contributed by atoms with van der Waals surface area (Å²) in [7, 11) is 0.220. The van der Waals surface area contributed by atoms with Crippen molar-refractivity contribution >= 4 is 10.2 Å². The summed E-state index contributed by atoms with van der Waals surface area (Å²) in [6, 6.07) is 6.38. The first-order valence-electron chi connectivity index (χ1n) is 8.54. The molecule has 0 N–H and O–H groups in total. The van der Waals surface area contributed by atoms with Gasteiger partial charge in [0.2, 0.25) is 0 Å². The van der Waals surface area contributed by atoms with Crippen molar-refractivity contribution in [2.45, 2.75) is 32.2 Å². The van der Waals surface area contributed by atoms with Gasteiger partial charge in [-0.2, -0.15) is 17.0 Å². The molecule has 1 aliphatic heterocycles. The molecule has 0 radical (unpaired) electrons. The van der Waals surface area contributed by atoms with E-state index in [0.717, 1.165) is 25.7 Å². The first kappa shape index (κ1) is 19.3. The van der Waals surface area contributed by atoms with E-state index in [1.165, 1.54) is 10.4 Å². The molecule has 1 aliphatic rings. The number of benzene rings is 1. The maximum atomic E-state index is 14.0. The van der Waals surface area contributed by atoms with Crippen molar-refractivity contribution < 1.29 is 12.8 Å². The lowest BCUT2D eigenvalue weighted by Gasteiger charge is -2.30. The SMILES string of the molecule is CN(C)CCN(Cc1ccccc1F)S(=O)(=O)N1CCCCCC1. The third kappa shape index (κ3) is 5.24. The number of hydrogen-bond donors (Lipinski definition) is 0. The minimum atomic E-state index is -3.58. The van der Waals surface area contributed by atoms with Crippen molar-refractivity contribution in [3.8, 4) is 0 Å². The van der Waals surface area contributed by atoms with Gasteiger partial charge in [0.15, 0.2) is 0 Å². The molecule has 2 rings (SSSR count). The molecule has 136 valence electrons. The Morgan fingerprint density at radius 3 is 2.25 bits per heavy atom. The standard InChI is InChI=1S/C17H28FN3O2S/c1-19(2)13-14-21(15-16-9-5-6-10-17(16)18)24(22,23)20-11-7-3-4-8-12-20/h5-6,9-10H,3-4,7-8,11-15H2,1-2H3. The second-order valence-corrected chi connectivity index (χ2v) is 8.48. The molecule has 0 bridgehead atoms. The maximum Gasteiger partial charge on any atom is 0.282 e. The molecule has 0 saturated carbocycles. The minimum absolute atomic E-state index is 0.0688. The third-order valence-electron chi connectivity index (χ3n) is 4.32. The molecule has 1 heterocycles. The largest absolute Gasteiger partial charge is 0.308 e. The maximum absolute atomic E-state index is 14.0. The van der Waals surface area contributed by atoms with Gasteiger partial charge in [-0.3, -0.25) is 0 Å². The smallest absolute Gasteiger partial charge is 0.282 e. The van der Waals surface area contributed by atoms with E-state index in [0.29, 0.717) is 31.7 Å². The first-order valence-corrected chi connectivity index (χ1v) is 9.94. The fourth-order valence-corrected chi connectivity index (χ4v) is 4.50. The van der Waals surface area contributed by atoms with E-state index in [9.17, 15) is 12.8 Å². The van der Waals surface area contributed by atoms with E-state index in [4.69, 9.17) is 0 Å². The van der Waals surface area contributed by atoms with Crippen LogP contribution in [-0.4, -0.2) is 62.2 Å². The molecule has 1 aromatic carbocycles. The Morgan fingerprint density at radius 2 is 1.67 bits per heavy atom. The molecule has 0 unspecified atom stereocenters. The van der Waals surface area contributed by atoms with Crippen molar-refractivity contribution in [1.82, 2.24) is 13.5 Å². The average Bonchev–Trinajstić information content (AvgIpc) is 2.82. The van der Waals surface area contributed by atoms with Crippen LogP contribution in [0.25, 0.3) is 0 Å². The van der Waals surface area contributed by atoms with Crippen LogP contribution in [-0.2, 0) is 16.8 Å². The fourth-order valence-electron chi connectivity index (χ4n) is 2.84. The molecule has 0 aromatic heterocycles. The van der Waals surface area contributed by atoms with Crippen LogP contribution in [0.5, 0.6) is 0 Å². The molecule has 0 amide bonds. The monoisotopic (exact) mass is 357 g/mol. The van der Waals surface area contributed by atoms with Gasteiger partial charge < -0.3 is 4.90 Å². The highest BCUT2D eigenvalue weighted by molar-refractivity contribution is 7.86. The lowest BCUT2D eigenvalue weighted by molar-refractivity contribution is 0.298. The molecule has 0 aliphatic carbocycles. The zero-order chi connectivity index (χ0) is 17.6. The Hall–Kier alpha value is -1.02. The average molecular weight is 357 g/mol. The number of likely N-dealkylation sites (N-methyl/N-ethyl adjacent to an activating group) is 1. The lowest BCUT2D eigenvalue weighted by Crippen LogP contribution is -2.46. The Balaban J connectivity index is 2.21.